The number of piperidine rings is 1. The number of hydrogen-bond acceptors (Lipinski definition) is 7. The van der Waals surface area contributed by atoms with Crippen LogP contribution in [0.4, 0.5) is 0 Å². The number of likely N-dealkylation sites (tertiary alicyclic amines) is 1. The maximum atomic E-state index is 6.46. The Morgan fingerprint density at radius 1 is 1.13 bits per heavy atom. The minimum atomic E-state index is 0.270. The Bertz CT molecular complexity index is 895. The van der Waals surface area contributed by atoms with Gasteiger partial charge in [0.15, 0.2) is 16.7 Å². The third-order valence-electron chi connectivity index (χ3n) is 6.18. The Hall–Kier alpha value is -1.48. The van der Waals surface area contributed by atoms with Crippen molar-refractivity contribution in [1.29, 1.82) is 0 Å². The zero-order valence-electron chi connectivity index (χ0n) is 17.2. The Labute approximate surface area is 186 Å². The Balaban J connectivity index is 1.16. The lowest BCUT2D eigenvalue weighted by atomic mass is 9.95. The van der Waals surface area contributed by atoms with Gasteiger partial charge in [-0.1, -0.05) is 23.4 Å². The molecule has 0 spiro atoms. The molecule has 0 radical (unpaired) electrons. The van der Waals surface area contributed by atoms with Crippen molar-refractivity contribution in [3.8, 4) is 11.5 Å². The van der Waals surface area contributed by atoms with E-state index in [-0.39, 0.29) is 6.79 Å². The Morgan fingerprint density at radius 3 is 2.70 bits per heavy atom. The molecule has 9 heteroatoms. The Kier molecular flexibility index (Phi) is 6.09. The monoisotopic (exact) mass is 450 g/mol. The van der Waals surface area contributed by atoms with Gasteiger partial charge in [-0.2, -0.15) is 0 Å². The van der Waals surface area contributed by atoms with E-state index in [9.17, 15) is 0 Å². The van der Waals surface area contributed by atoms with Crippen LogP contribution in [0.1, 0.15) is 43.0 Å². The fourth-order valence-electron chi connectivity index (χ4n) is 4.42. The van der Waals surface area contributed by atoms with E-state index in [2.05, 4.69) is 26.7 Å². The molecule has 0 bridgehead atoms. The zero-order valence-corrected chi connectivity index (χ0v) is 18.8. The molecule has 0 amide bonds. The van der Waals surface area contributed by atoms with Gasteiger partial charge in [0.1, 0.15) is 5.82 Å². The van der Waals surface area contributed by atoms with Crippen molar-refractivity contribution in [2.75, 3.05) is 32.2 Å². The number of nitrogens with zero attached hydrogens (tertiary/aromatic N) is 4. The third-order valence-corrected chi connectivity index (χ3v) is 7.68. The average molecular weight is 451 g/mol. The molecule has 1 aromatic heterocycles. The molecule has 4 heterocycles. The molecule has 1 aromatic carbocycles. The van der Waals surface area contributed by atoms with Crippen LogP contribution in [0.5, 0.6) is 11.5 Å². The second-order valence-corrected chi connectivity index (χ2v) is 9.59. The zero-order chi connectivity index (χ0) is 20.5. The van der Waals surface area contributed by atoms with Crippen LogP contribution in [0.2, 0.25) is 5.02 Å². The summed E-state index contributed by atoms with van der Waals surface area (Å²) in [5, 5.41) is 10.7. The molecule has 2 saturated heterocycles. The molecule has 5 rings (SSSR count). The van der Waals surface area contributed by atoms with Crippen LogP contribution in [0.15, 0.2) is 17.3 Å². The predicted molar refractivity (Wildman–Crippen MR) is 116 cm³/mol. The summed E-state index contributed by atoms with van der Waals surface area (Å²) in [4.78, 5) is 2.45. The summed E-state index contributed by atoms with van der Waals surface area (Å²) in [6, 6.07) is 3.87. The SMILES string of the molecule is Cn1c(SC[C@@H]2CCCO2)nnc1C1CCN(Cc2cc3c(cc2Cl)OCO3)CC1. The minimum Gasteiger partial charge on any atom is -0.454 e. The summed E-state index contributed by atoms with van der Waals surface area (Å²) in [7, 11) is 2.09. The Morgan fingerprint density at radius 2 is 1.93 bits per heavy atom. The van der Waals surface area contributed by atoms with Crippen LogP contribution in [-0.2, 0) is 18.3 Å². The number of ether oxygens (including phenoxy) is 3. The molecule has 0 N–H and O–H groups in total. The molecule has 0 aliphatic carbocycles. The molecular weight excluding hydrogens is 424 g/mol. The maximum Gasteiger partial charge on any atom is 0.231 e. The van der Waals surface area contributed by atoms with Crippen LogP contribution in [0, 0.1) is 0 Å². The van der Waals surface area contributed by atoms with Crippen molar-refractivity contribution >= 4 is 23.4 Å². The van der Waals surface area contributed by atoms with Gasteiger partial charge in [-0.3, -0.25) is 4.90 Å². The number of hydrogen-bond donors (Lipinski definition) is 0. The highest BCUT2D eigenvalue weighted by atomic mass is 35.5. The lowest BCUT2D eigenvalue weighted by Crippen LogP contribution is -2.33. The average Bonchev–Trinajstić information content (AvgIpc) is 3.49. The number of halogens is 1. The predicted octanol–water partition coefficient (Wildman–Crippen LogP) is 3.85. The van der Waals surface area contributed by atoms with Gasteiger partial charge in [0, 0.05) is 43.0 Å². The summed E-state index contributed by atoms with van der Waals surface area (Å²) >= 11 is 8.22. The fraction of sp³-hybridized carbons (Fsp3) is 0.619. The molecule has 2 aromatic rings. The summed E-state index contributed by atoms with van der Waals surface area (Å²) < 4.78 is 18.8. The van der Waals surface area contributed by atoms with E-state index in [1.54, 1.807) is 11.8 Å². The van der Waals surface area contributed by atoms with E-state index in [0.717, 1.165) is 84.3 Å². The molecule has 3 aliphatic heterocycles. The topological polar surface area (TPSA) is 61.6 Å². The van der Waals surface area contributed by atoms with Crippen molar-refractivity contribution < 1.29 is 14.2 Å². The van der Waals surface area contributed by atoms with Crippen molar-refractivity contribution in [2.45, 2.75) is 49.4 Å². The summed E-state index contributed by atoms with van der Waals surface area (Å²) in [5.74, 6) is 4.03. The first-order valence-electron chi connectivity index (χ1n) is 10.6. The standard InChI is InChI=1S/C21H27ClN4O3S/c1-25-20(23-24-21(25)30-12-16-3-2-8-27-16)14-4-6-26(7-5-14)11-15-9-18-19(10-17(15)22)29-13-28-18/h9-10,14,16H,2-8,11-13H2,1H3/t16-/m0/s1. The van der Waals surface area contributed by atoms with Gasteiger partial charge in [-0.25, -0.2) is 0 Å². The highest BCUT2D eigenvalue weighted by Crippen LogP contribution is 2.38. The van der Waals surface area contributed by atoms with Gasteiger partial charge in [0.25, 0.3) is 0 Å². The number of thioether (sulfide) groups is 1. The van der Waals surface area contributed by atoms with E-state index in [1.807, 2.05) is 12.1 Å². The molecule has 3 aliphatic rings. The highest BCUT2D eigenvalue weighted by molar-refractivity contribution is 7.99. The van der Waals surface area contributed by atoms with Gasteiger partial charge < -0.3 is 18.8 Å². The summed E-state index contributed by atoms with van der Waals surface area (Å²) in [6.07, 6.45) is 4.84. The molecule has 7 nitrogen and oxygen atoms in total. The van der Waals surface area contributed by atoms with Crippen LogP contribution in [-0.4, -0.2) is 58.0 Å². The first-order chi connectivity index (χ1) is 14.7. The van der Waals surface area contributed by atoms with Crippen LogP contribution >= 0.6 is 23.4 Å². The summed E-state index contributed by atoms with van der Waals surface area (Å²) in [5.41, 5.74) is 1.09. The van der Waals surface area contributed by atoms with Crippen LogP contribution < -0.4 is 9.47 Å². The lowest BCUT2D eigenvalue weighted by molar-refractivity contribution is 0.129. The largest absolute Gasteiger partial charge is 0.454 e. The van der Waals surface area contributed by atoms with Gasteiger partial charge in [0.05, 0.1) is 6.10 Å². The molecule has 0 unspecified atom stereocenters. The normalized spacial score (nSPS) is 22.1. The van der Waals surface area contributed by atoms with Gasteiger partial charge >= 0.3 is 0 Å². The van der Waals surface area contributed by atoms with Gasteiger partial charge in [-0.05, 0) is 50.4 Å². The smallest absolute Gasteiger partial charge is 0.231 e. The first-order valence-corrected chi connectivity index (χ1v) is 12.0. The highest BCUT2D eigenvalue weighted by Gasteiger charge is 2.27. The van der Waals surface area contributed by atoms with Crippen molar-refractivity contribution in [3.05, 3.63) is 28.5 Å². The fourth-order valence-corrected chi connectivity index (χ4v) is 5.62. The van der Waals surface area contributed by atoms with E-state index in [4.69, 9.17) is 25.8 Å². The third kappa shape index (κ3) is 4.28. The molecular formula is C21H27ClN4O3S. The number of aromatic nitrogens is 3. The van der Waals surface area contributed by atoms with Crippen LogP contribution in [0.25, 0.3) is 0 Å². The number of fused-ring (bicyclic) bond motifs is 1. The molecule has 2 fully saturated rings. The number of rotatable bonds is 6. The second kappa shape index (κ2) is 8.94. The van der Waals surface area contributed by atoms with Crippen molar-refractivity contribution in [1.82, 2.24) is 19.7 Å². The second-order valence-electron chi connectivity index (χ2n) is 8.19. The van der Waals surface area contributed by atoms with Crippen molar-refractivity contribution in [3.63, 3.8) is 0 Å². The van der Waals surface area contributed by atoms with E-state index >= 15 is 0 Å². The minimum absolute atomic E-state index is 0.270. The molecule has 1 atom stereocenters. The van der Waals surface area contributed by atoms with Gasteiger partial charge in [0.2, 0.25) is 6.79 Å². The summed E-state index contributed by atoms with van der Waals surface area (Å²) in [6.45, 7) is 4.02. The van der Waals surface area contributed by atoms with Crippen molar-refractivity contribution in [2.24, 2.45) is 7.05 Å². The number of benzene rings is 1. The lowest BCUT2D eigenvalue weighted by Gasteiger charge is -2.31. The quantitative estimate of drug-likeness (QED) is 0.619. The van der Waals surface area contributed by atoms with Crippen LogP contribution in [0.3, 0.4) is 0 Å². The molecule has 30 heavy (non-hydrogen) atoms. The maximum absolute atomic E-state index is 6.46. The first kappa shape index (κ1) is 20.4. The van der Waals surface area contributed by atoms with E-state index < -0.39 is 0 Å². The van der Waals surface area contributed by atoms with E-state index in [0.29, 0.717) is 12.0 Å². The van der Waals surface area contributed by atoms with Gasteiger partial charge in [-0.15, -0.1) is 10.2 Å². The molecule has 0 saturated carbocycles. The van der Waals surface area contributed by atoms with E-state index in [1.165, 1.54) is 6.42 Å². The molecule has 162 valence electrons.